The highest BCUT2D eigenvalue weighted by Gasteiger charge is 2.26. The van der Waals surface area contributed by atoms with E-state index < -0.39 is 18.0 Å². The van der Waals surface area contributed by atoms with Crippen molar-refractivity contribution in [1.29, 1.82) is 0 Å². The maximum Gasteiger partial charge on any atom is 0.367 e. The molecule has 0 radical (unpaired) electrons. The number of anilines is 1. The third-order valence-electron chi connectivity index (χ3n) is 8.94. The first kappa shape index (κ1) is 37.2. The number of carbonyl (C=O) groups excluding carboxylic acids is 4. The van der Waals surface area contributed by atoms with E-state index in [9.17, 15) is 19.2 Å². The lowest BCUT2D eigenvalue weighted by atomic mass is 10.1. The van der Waals surface area contributed by atoms with Crippen molar-refractivity contribution in [3.63, 3.8) is 0 Å². The van der Waals surface area contributed by atoms with Crippen LogP contribution in [0.2, 0.25) is 0 Å². The van der Waals surface area contributed by atoms with Crippen LogP contribution in [-0.2, 0) is 38.3 Å². The van der Waals surface area contributed by atoms with Crippen molar-refractivity contribution in [2.45, 2.75) is 66.1 Å². The van der Waals surface area contributed by atoms with Gasteiger partial charge in [-0.3, -0.25) is 4.79 Å². The van der Waals surface area contributed by atoms with Crippen LogP contribution in [0, 0.1) is 0 Å². The highest BCUT2D eigenvalue weighted by Crippen LogP contribution is 2.34. The van der Waals surface area contributed by atoms with Crippen LogP contribution in [0.25, 0.3) is 34.0 Å². The quantitative estimate of drug-likeness (QED) is 0.102. The smallest absolute Gasteiger partial charge is 0.367 e. The summed E-state index contributed by atoms with van der Waals surface area (Å²) in [6, 6.07) is 21.4. The molecule has 3 heterocycles. The number of ether oxygens (including phenoxy) is 2. The lowest BCUT2D eigenvalue weighted by Crippen LogP contribution is -2.44. The van der Waals surface area contributed by atoms with Gasteiger partial charge in [0.25, 0.3) is 0 Å². The number of oxime groups is 2. The molecule has 2 aliphatic heterocycles. The Balaban J connectivity index is 0.000000204. The van der Waals surface area contributed by atoms with Crippen molar-refractivity contribution in [3.8, 4) is 0 Å². The molecular formula is C40H42N4O8. The van der Waals surface area contributed by atoms with Crippen molar-refractivity contribution in [2.24, 2.45) is 10.3 Å². The first-order valence-corrected chi connectivity index (χ1v) is 16.9. The first-order valence-electron chi connectivity index (χ1n) is 16.9. The number of rotatable bonds is 9. The van der Waals surface area contributed by atoms with Crippen LogP contribution in [0.1, 0.15) is 65.1 Å². The number of benzene rings is 3. The molecule has 2 aliphatic rings. The van der Waals surface area contributed by atoms with Crippen LogP contribution in [0.4, 0.5) is 5.69 Å². The Bertz CT molecular complexity index is 2160. The van der Waals surface area contributed by atoms with Gasteiger partial charge in [0, 0.05) is 39.6 Å². The number of carbonyl (C=O) groups is 4. The Morgan fingerprint density at radius 1 is 0.769 bits per heavy atom. The number of para-hydroxylation sites is 1. The van der Waals surface area contributed by atoms with E-state index in [-0.39, 0.29) is 30.4 Å². The molecule has 0 saturated heterocycles. The maximum absolute atomic E-state index is 11.9. The molecule has 270 valence electrons. The number of hydrogen-bond acceptors (Lipinski definition) is 11. The maximum atomic E-state index is 11.9. The molecule has 0 fully saturated rings. The van der Waals surface area contributed by atoms with E-state index >= 15 is 0 Å². The number of methoxy groups -OCH3 is 2. The molecule has 12 heteroatoms. The minimum atomic E-state index is -0.445. The molecule has 2 atom stereocenters. The highest BCUT2D eigenvalue weighted by molar-refractivity contribution is 6.25. The van der Waals surface area contributed by atoms with Gasteiger partial charge in [0.15, 0.2) is 0 Å². The fraction of sp³-hybridized carbons (Fsp3) is 0.300. The van der Waals surface area contributed by atoms with Gasteiger partial charge in [-0.25, -0.2) is 14.4 Å². The van der Waals surface area contributed by atoms with Gasteiger partial charge in [-0.05, 0) is 95.2 Å². The molecule has 0 spiro atoms. The summed E-state index contributed by atoms with van der Waals surface area (Å²) in [5.41, 5.74) is 6.77. The Labute approximate surface area is 301 Å². The van der Waals surface area contributed by atoms with Gasteiger partial charge >= 0.3 is 23.9 Å². The molecule has 0 N–H and O–H groups in total. The average Bonchev–Trinajstić information content (AvgIpc) is 3.76. The van der Waals surface area contributed by atoms with E-state index in [4.69, 9.17) is 14.3 Å². The van der Waals surface area contributed by atoms with Crippen molar-refractivity contribution < 1.29 is 38.3 Å². The van der Waals surface area contributed by atoms with Crippen molar-refractivity contribution in [3.05, 3.63) is 89.0 Å². The zero-order chi connectivity index (χ0) is 37.7. The molecule has 3 aromatic carbocycles. The molecule has 0 saturated carbocycles. The van der Waals surface area contributed by atoms with Gasteiger partial charge < -0.3 is 28.6 Å². The molecule has 52 heavy (non-hydrogen) atoms. The highest BCUT2D eigenvalue weighted by atomic mass is 16.7. The summed E-state index contributed by atoms with van der Waals surface area (Å²) >= 11 is 0. The van der Waals surface area contributed by atoms with Gasteiger partial charge in [-0.15, -0.1) is 0 Å². The fourth-order valence-corrected chi connectivity index (χ4v) is 6.37. The number of fused-ring (bicyclic) bond motifs is 3. The Kier molecular flexibility index (Phi) is 11.4. The molecule has 12 nitrogen and oxygen atoms in total. The molecule has 0 amide bonds. The van der Waals surface area contributed by atoms with Gasteiger partial charge in [0.2, 0.25) is 0 Å². The lowest BCUT2D eigenvalue weighted by Gasteiger charge is -2.33. The molecule has 0 aliphatic carbocycles. The Hall–Kier alpha value is -6.04. The third kappa shape index (κ3) is 7.80. The summed E-state index contributed by atoms with van der Waals surface area (Å²) < 4.78 is 11.8. The number of nitrogens with zero attached hydrogens (tertiary/aromatic N) is 4. The SMILES string of the molecule is COC(=O)C(C)N(c1ccc(C=C2C(=O)ON=C2C)cc1)C(C)C.COC(=O)CC(C)n1c2ccccc2c2cc(C=C3C(=O)ON=C3C)ccc21. The third-order valence-corrected chi connectivity index (χ3v) is 8.94. The van der Waals surface area contributed by atoms with E-state index in [1.54, 1.807) is 26.0 Å². The summed E-state index contributed by atoms with van der Waals surface area (Å²) in [4.78, 5) is 58.4. The summed E-state index contributed by atoms with van der Waals surface area (Å²) in [6.07, 6.45) is 3.82. The van der Waals surface area contributed by atoms with Crippen LogP contribution >= 0.6 is 0 Å². The summed E-state index contributed by atoms with van der Waals surface area (Å²) in [5, 5.41) is 9.53. The molecule has 2 unspecified atom stereocenters. The Morgan fingerprint density at radius 2 is 1.33 bits per heavy atom. The standard InChI is InChI=1S/C22H20N2O4.C18H22N2O4/c1-13(10-21(25)27-3)24-19-7-5-4-6-16(19)18-12-15(8-9-20(18)24)11-17-14(2)23-28-22(17)26;1-11(2)20(13(4)17(21)23-5)15-8-6-14(7-9-15)10-16-12(3)19-24-18(16)22/h4-9,11-13H,10H2,1-3H3;6-11,13H,1-5H3. The second-order valence-corrected chi connectivity index (χ2v) is 12.8. The second-order valence-electron chi connectivity index (χ2n) is 12.8. The van der Waals surface area contributed by atoms with Crippen molar-refractivity contribution in [1.82, 2.24) is 4.57 Å². The van der Waals surface area contributed by atoms with Crippen LogP contribution in [0.3, 0.4) is 0 Å². The molecule has 0 bridgehead atoms. The minimum Gasteiger partial charge on any atom is -0.469 e. The number of esters is 2. The average molecular weight is 707 g/mol. The zero-order valence-electron chi connectivity index (χ0n) is 30.5. The van der Waals surface area contributed by atoms with Crippen LogP contribution in [0.15, 0.2) is 88.2 Å². The summed E-state index contributed by atoms with van der Waals surface area (Å²) in [5.74, 6) is -1.41. The lowest BCUT2D eigenvalue weighted by molar-refractivity contribution is -0.142. The number of aromatic nitrogens is 1. The summed E-state index contributed by atoms with van der Waals surface area (Å²) in [7, 11) is 2.79. The van der Waals surface area contributed by atoms with Crippen LogP contribution in [-0.4, -0.2) is 66.2 Å². The predicted octanol–water partition coefficient (Wildman–Crippen LogP) is 7.01. The normalized spacial score (nSPS) is 16.6. The van der Waals surface area contributed by atoms with Gasteiger partial charge in [-0.1, -0.05) is 46.7 Å². The van der Waals surface area contributed by atoms with E-state index in [0.29, 0.717) is 22.6 Å². The van der Waals surface area contributed by atoms with Gasteiger partial charge in [-0.2, -0.15) is 0 Å². The predicted molar refractivity (Wildman–Crippen MR) is 201 cm³/mol. The zero-order valence-corrected chi connectivity index (χ0v) is 30.5. The van der Waals surface area contributed by atoms with E-state index in [1.807, 2.05) is 93.3 Å². The molecule has 4 aromatic rings. The van der Waals surface area contributed by atoms with Crippen LogP contribution in [0.5, 0.6) is 0 Å². The Morgan fingerprint density at radius 3 is 1.87 bits per heavy atom. The summed E-state index contributed by atoms with van der Waals surface area (Å²) in [6.45, 7) is 11.3. The fourth-order valence-electron chi connectivity index (χ4n) is 6.37. The minimum absolute atomic E-state index is 0.0572. The largest absolute Gasteiger partial charge is 0.469 e. The van der Waals surface area contributed by atoms with Crippen molar-refractivity contribution in [2.75, 3.05) is 19.1 Å². The molecule has 6 rings (SSSR count). The molecule has 1 aromatic heterocycles. The monoisotopic (exact) mass is 706 g/mol. The first-order chi connectivity index (χ1) is 24.8. The van der Waals surface area contributed by atoms with Crippen molar-refractivity contribution >= 4 is 74.9 Å². The van der Waals surface area contributed by atoms with E-state index in [1.165, 1.54) is 14.2 Å². The van der Waals surface area contributed by atoms with Gasteiger partial charge in [0.1, 0.15) is 6.04 Å². The van der Waals surface area contributed by atoms with E-state index in [0.717, 1.165) is 38.6 Å². The second kappa shape index (κ2) is 15.9. The molecular weight excluding hydrogens is 664 g/mol. The number of hydrogen-bond donors (Lipinski definition) is 0. The van der Waals surface area contributed by atoms with E-state index in [2.05, 4.69) is 25.8 Å². The topological polar surface area (TPSA) is 138 Å². The van der Waals surface area contributed by atoms with Crippen LogP contribution < -0.4 is 4.90 Å². The van der Waals surface area contributed by atoms with Gasteiger partial charge in [0.05, 0.1) is 43.2 Å².